The molecule has 1 atom stereocenters. The van der Waals surface area contributed by atoms with E-state index in [1.165, 1.54) is 12.8 Å². The molecule has 104 valence electrons. The van der Waals surface area contributed by atoms with E-state index in [1.807, 2.05) is 30.6 Å². The fraction of sp³-hybridized carbons (Fsp3) is 0.400. The van der Waals surface area contributed by atoms with Crippen LogP contribution in [0.1, 0.15) is 19.3 Å². The molecule has 0 bridgehead atoms. The first-order valence-corrected chi connectivity index (χ1v) is 7.08. The van der Waals surface area contributed by atoms with Gasteiger partial charge < -0.3 is 10.6 Å². The first-order valence-electron chi connectivity index (χ1n) is 7.08. The van der Waals surface area contributed by atoms with Crippen molar-refractivity contribution >= 4 is 5.95 Å². The van der Waals surface area contributed by atoms with Crippen LogP contribution in [0, 0.1) is 0 Å². The molecule has 3 rings (SSSR count). The van der Waals surface area contributed by atoms with Crippen molar-refractivity contribution < 1.29 is 0 Å². The van der Waals surface area contributed by atoms with Gasteiger partial charge in [-0.25, -0.2) is 9.97 Å². The number of nitrogens with two attached hydrogens (primary N) is 1. The van der Waals surface area contributed by atoms with Crippen molar-refractivity contribution in [3.63, 3.8) is 0 Å². The smallest absolute Gasteiger partial charge is 0.226 e. The molecule has 1 saturated heterocycles. The van der Waals surface area contributed by atoms with E-state index >= 15 is 0 Å². The Labute approximate surface area is 118 Å². The molecule has 3 heterocycles. The highest BCUT2D eigenvalue weighted by Crippen LogP contribution is 2.23. The first kappa shape index (κ1) is 13.0. The van der Waals surface area contributed by atoms with E-state index < -0.39 is 0 Å². The molecule has 0 aromatic carbocycles. The van der Waals surface area contributed by atoms with Gasteiger partial charge in [-0.1, -0.05) is 0 Å². The minimum Gasteiger partial charge on any atom is -0.337 e. The Balaban J connectivity index is 1.91. The number of piperidine rings is 1. The molecule has 5 heteroatoms. The van der Waals surface area contributed by atoms with Crippen molar-refractivity contribution in [2.24, 2.45) is 5.73 Å². The van der Waals surface area contributed by atoms with E-state index in [9.17, 15) is 0 Å². The van der Waals surface area contributed by atoms with Crippen LogP contribution in [-0.2, 0) is 0 Å². The van der Waals surface area contributed by atoms with Crippen LogP contribution < -0.4 is 10.6 Å². The first-order chi connectivity index (χ1) is 9.88. The Kier molecular flexibility index (Phi) is 3.87. The van der Waals surface area contributed by atoms with Crippen LogP contribution >= 0.6 is 0 Å². The van der Waals surface area contributed by atoms with Crippen molar-refractivity contribution in [1.29, 1.82) is 0 Å². The summed E-state index contributed by atoms with van der Waals surface area (Å²) in [5.74, 6) is 0.779. The van der Waals surface area contributed by atoms with Gasteiger partial charge in [0.15, 0.2) is 0 Å². The van der Waals surface area contributed by atoms with E-state index in [-0.39, 0.29) is 0 Å². The number of rotatable bonds is 3. The average molecular weight is 269 g/mol. The number of hydrogen-bond acceptors (Lipinski definition) is 5. The largest absolute Gasteiger partial charge is 0.337 e. The molecule has 20 heavy (non-hydrogen) atoms. The third-order valence-corrected chi connectivity index (χ3v) is 3.76. The van der Waals surface area contributed by atoms with E-state index in [1.54, 1.807) is 6.20 Å². The Bertz CT molecular complexity index is 557. The summed E-state index contributed by atoms with van der Waals surface area (Å²) in [6.07, 6.45) is 8.94. The van der Waals surface area contributed by atoms with Gasteiger partial charge in [-0.2, -0.15) is 0 Å². The summed E-state index contributed by atoms with van der Waals surface area (Å²) < 4.78 is 0. The molecule has 0 amide bonds. The lowest BCUT2D eigenvalue weighted by Gasteiger charge is -2.35. The topological polar surface area (TPSA) is 67.9 Å². The fourth-order valence-corrected chi connectivity index (χ4v) is 2.67. The molecule has 1 aliphatic rings. The molecule has 1 aliphatic heterocycles. The second-order valence-electron chi connectivity index (χ2n) is 5.06. The minimum absolute atomic E-state index is 0.355. The zero-order chi connectivity index (χ0) is 13.8. The second kappa shape index (κ2) is 5.96. The maximum Gasteiger partial charge on any atom is 0.226 e. The maximum absolute atomic E-state index is 5.87. The van der Waals surface area contributed by atoms with Crippen molar-refractivity contribution in [1.82, 2.24) is 15.0 Å². The van der Waals surface area contributed by atoms with Gasteiger partial charge in [0.05, 0.1) is 5.69 Å². The number of aromatic nitrogens is 3. The second-order valence-corrected chi connectivity index (χ2v) is 5.06. The number of pyridine rings is 1. The van der Waals surface area contributed by atoms with Crippen molar-refractivity contribution in [2.45, 2.75) is 25.3 Å². The molecule has 2 aromatic heterocycles. The van der Waals surface area contributed by atoms with Gasteiger partial charge in [-0.15, -0.1) is 0 Å². The summed E-state index contributed by atoms with van der Waals surface area (Å²) in [4.78, 5) is 15.5. The monoisotopic (exact) mass is 269 g/mol. The van der Waals surface area contributed by atoms with Gasteiger partial charge in [0.25, 0.3) is 0 Å². The summed E-state index contributed by atoms with van der Waals surface area (Å²) in [6, 6.07) is 6.20. The standard InChI is InChI=1S/C15H19N5/c16-10-13-5-1-2-9-20(13)15-18-8-6-14(19-15)12-4-3-7-17-11-12/h3-4,6-8,11,13H,1-2,5,9-10,16H2. The van der Waals surface area contributed by atoms with Crippen LogP contribution in [0.3, 0.4) is 0 Å². The number of anilines is 1. The van der Waals surface area contributed by atoms with Crippen molar-refractivity contribution in [3.8, 4) is 11.3 Å². The molecule has 0 saturated carbocycles. The van der Waals surface area contributed by atoms with Crippen molar-refractivity contribution in [2.75, 3.05) is 18.0 Å². The highest BCUT2D eigenvalue weighted by atomic mass is 15.3. The minimum atomic E-state index is 0.355. The molecular weight excluding hydrogens is 250 g/mol. The Morgan fingerprint density at radius 3 is 3.00 bits per heavy atom. The molecule has 5 nitrogen and oxygen atoms in total. The van der Waals surface area contributed by atoms with Crippen LogP contribution in [0.4, 0.5) is 5.95 Å². The molecule has 0 spiro atoms. The third-order valence-electron chi connectivity index (χ3n) is 3.76. The predicted octanol–water partition coefficient (Wildman–Crippen LogP) is 1.86. The normalized spacial score (nSPS) is 19.1. The van der Waals surface area contributed by atoms with Gasteiger partial charge in [-0.3, -0.25) is 4.98 Å². The van der Waals surface area contributed by atoms with Gasteiger partial charge >= 0.3 is 0 Å². The lowest BCUT2D eigenvalue weighted by atomic mass is 10.0. The molecule has 0 aliphatic carbocycles. The maximum atomic E-state index is 5.87. The van der Waals surface area contributed by atoms with Crippen LogP contribution in [-0.4, -0.2) is 34.1 Å². The molecular formula is C15H19N5. The number of nitrogens with zero attached hydrogens (tertiary/aromatic N) is 4. The van der Waals surface area contributed by atoms with Crippen LogP contribution in [0.2, 0.25) is 0 Å². The number of hydrogen-bond donors (Lipinski definition) is 1. The zero-order valence-corrected chi connectivity index (χ0v) is 11.4. The molecule has 1 fully saturated rings. The van der Waals surface area contributed by atoms with Crippen LogP contribution in [0.25, 0.3) is 11.3 Å². The predicted molar refractivity (Wildman–Crippen MR) is 79.3 cm³/mol. The lowest BCUT2D eigenvalue weighted by molar-refractivity contribution is 0.458. The van der Waals surface area contributed by atoms with Crippen molar-refractivity contribution in [3.05, 3.63) is 36.8 Å². The Hall–Kier alpha value is -2.01. The lowest BCUT2D eigenvalue weighted by Crippen LogP contribution is -2.45. The Morgan fingerprint density at radius 2 is 2.20 bits per heavy atom. The highest BCUT2D eigenvalue weighted by molar-refractivity contribution is 5.58. The van der Waals surface area contributed by atoms with Gasteiger partial charge in [-0.05, 0) is 37.5 Å². The fourth-order valence-electron chi connectivity index (χ4n) is 2.67. The van der Waals surface area contributed by atoms with E-state index in [0.717, 1.165) is 30.2 Å². The molecule has 0 radical (unpaired) electrons. The average Bonchev–Trinajstić information content (AvgIpc) is 2.56. The van der Waals surface area contributed by atoms with Gasteiger partial charge in [0.2, 0.25) is 5.95 Å². The van der Waals surface area contributed by atoms with E-state index in [0.29, 0.717) is 12.6 Å². The van der Waals surface area contributed by atoms with Crippen LogP contribution in [0.15, 0.2) is 36.8 Å². The van der Waals surface area contributed by atoms with Gasteiger partial charge in [0.1, 0.15) is 0 Å². The van der Waals surface area contributed by atoms with Gasteiger partial charge in [0, 0.05) is 43.3 Å². The van der Waals surface area contributed by atoms with E-state index in [2.05, 4.69) is 19.9 Å². The quantitative estimate of drug-likeness (QED) is 0.921. The van der Waals surface area contributed by atoms with Crippen LogP contribution in [0.5, 0.6) is 0 Å². The molecule has 1 unspecified atom stereocenters. The third kappa shape index (κ3) is 2.63. The Morgan fingerprint density at radius 1 is 1.25 bits per heavy atom. The molecule has 2 aromatic rings. The summed E-state index contributed by atoms with van der Waals surface area (Å²) in [5.41, 5.74) is 7.79. The summed E-state index contributed by atoms with van der Waals surface area (Å²) in [6.45, 7) is 1.64. The summed E-state index contributed by atoms with van der Waals surface area (Å²) in [5, 5.41) is 0. The highest BCUT2D eigenvalue weighted by Gasteiger charge is 2.23. The summed E-state index contributed by atoms with van der Waals surface area (Å²) in [7, 11) is 0. The zero-order valence-electron chi connectivity index (χ0n) is 11.4. The molecule has 2 N–H and O–H groups in total. The SMILES string of the molecule is NCC1CCCCN1c1nccc(-c2cccnc2)n1. The van der Waals surface area contributed by atoms with E-state index in [4.69, 9.17) is 5.73 Å². The summed E-state index contributed by atoms with van der Waals surface area (Å²) >= 11 is 0.